The fourth-order valence-corrected chi connectivity index (χ4v) is 4.30. The first-order chi connectivity index (χ1) is 15.1. The fourth-order valence-electron chi connectivity index (χ4n) is 4.30. The maximum atomic E-state index is 13.5. The zero-order valence-electron chi connectivity index (χ0n) is 17.4. The Morgan fingerprint density at radius 2 is 1.52 bits per heavy atom. The van der Waals surface area contributed by atoms with Gasteiger partial charge >= 0.3 is 5.97 Å². The van der Waals surface area contributed by atoms with E-state index in [2.05, 4.69) is 0 Å². The van der Waals surface area contributed by atoms with E-state index >= 15 is 0 Å². The van der Waals surface area contributed by atoms with E-state index in [4.69, 9.17) is 4.74 Å². The summed E-state index contributed by atoms with van der Waals surface area (Å²) in [5, 5.41) is 11.3. The predicted molar refractivity (Wildman–Crippen MR) is 119 cm³/mol. The molecule has 0 unspecified atom stereocenters. The number of ether oxygens (including phenoxy) is 1. The number of para-hydroxylation sites is 1. The average molecular weight is 415 g/mol. The molecular formula is C26H25NO4. The molecule has 1 N–H and O–H groups in total. The van der Waals surface area contributed by atoms with Crippen LogP contribution < -0.4 is 4.90 Å². The van der Waals surface area contributed by atoms with E-state index in [1.165, 1.54) is 0 Å². The molecule has 2 atom stereocenters. The van der Waals surface area contributed by atoms with Crippen molar-refractivity contribution in [1.29, 1.82) is 0 Å². The Labute approximate surface area is 181 Å². The first-order valence-corrected chi connectivity index (χ1v) is 10.4. The molecule has 3 aromatic rings. The molecule has 31 heavy (non-hydrogen) atoms. The van der Waals surface area contributed by atoms with Crippen molar-refractivity contribution in [3.05, 3.63) is 102 Å². The summed E-state index contributed by atoms with van der Waals surface area (Å²) in [6, 6.07) is 26.3. The molecule has 158 valence electrons. The monoisotopic (exact) mass is 415 g/mol. The Hall–Kier alpha value is -3.44. The van der Waals surface area contributed by atoms with Gasteiger partial charge in [-0.1, -0.05) is 78.9 Å². The van der Waals surface area contributed by atoms with Crippen LogP contribution in [-0.2, 0) is 32.7 Å². The molecule has 0 radical (unpaired) electrons. The highest BCUT2D eigenvalue weighted by Gasteiger charge is 2.56. The lowest BCUT2D eigenvalue weighted by atomic mass is 9.68. The molecule has 0 bridgehead atoms. The molecule has 4 rings (SSSR count). The van der Waals surface area contributed by atoms with Crippen molar-refractivity contribution in [2.75, 3.05) is 11.5 Å². The predicted octanol–water partition coefficient (Wildman–Crippen LogP) is 3.64. The number of aliphatic hydroxyl groups is 1. The van der Waals surface area contributed by atoms with Gasteiger partial charge in [-0.3, -0.25) is 9.59 Å². The summed E-state index contributed by atoms with van der Waals surface area (Å²) in [7, 11) is 0. The number of esters is 1. The van der Waals surface area contributed by atoms with E-state index in [9.17, 15) is 14.7 Å². The lowest BCUT2D eigenvalue weighted by Gasteiger charge is -2.44. The molecule has 1 aliphatic rings. The van der Waals surface area contributed by atoms with Gasteiger partial charge in [-0.2, -0.15) is 0 Å². The van der Waals surface area contributed by atoms with Crippen LogP contribution in [0.1, 0.15) is 23.6 Å². The second-order valence-corrected chi connectivity index (χ2v) is 7.68. The number of hydrogen-bond acceptors (Lipinski definition) is 4. The van der Waals surface area contributed by atoms with Crippen molar-refractivity contribution in [1.82, 2.24) is 0 Å². The number of amides is 1. The molecule has 5 nitrogen and oxygen atoms in total. The van der Waals surface area contributed by atoms with Crippen molar-refractivity contribution in [3.8, 4) is 0 Å². The quantitative estimate of drug-likeness (QED) is 0.625. The topological polar surface area (TPSA) is 66.8 Å². The number of rotatable bonds is 6. The number of anilines is 1. The molecular weight excluding hydrogens is 390 g/mol. The van der Waals surface area contributed by atoms with E-state index in [1.54, 1.807) is 11.8 Å². The summed E-state index contributed by atoms with van der Waals surface area (Å²) in [5.74, 6) is -1.10. The van der Waals surface area contributed by atoms with Gasteiger partial charge in [-0.15, -0.1) is 0 Å². The number of nitrogens with zero attached hydrogens (tertiary/aromatic N) is 1. The zero-order valence-corrected chi connectivity index (χ0v) is 17.4. The van der Waals surface area contributed by atoms with Crippen molar-refractivity contribution in [2.45, 2.75) is 31.4 Å². The van der Waals surface area contributed by atoms with Gasteiger partial charge in [0.05, 0.1) is 13.2 Å². The lowest BCUT2D eigenvalue weighted by molar-refractivity contribution is -0.159. The van der Waals surface area contributed by atoms with Crippen LogP contribution in [0.4, 0.5) is 5.69 Å². The highest BCUT2D eigenvalue weighted by atomic mass is 16.5. The molecule has 0 fully saturated rings. The molecule has 3 aromatic carbocycles. The van der Waals surface area contributed by atoms with E-state index in [0.29, 0.717) is 17.8 Å². The van der Waals surface area contributed by atoms with Gasteiger partial charge in [0.2, 0.25) is 0 Å². The molecule has 0 aromatic heterocycles. The Morgan fingerprint density at radius 3 is 2.16 bits per heavy atom. The minimum Gasteiger partial charge on any atom is -0.465 e. The minimum atomic E-state index is -1.56. The average Bonchev–Trinajstić information content (AvgIpc) is 2.81. The first-order valence-electron chi connectivity index (χ1n) is 10.4. The molecule has 1 heterocycles. The van der Waals surface area contributed by atoms with Gasteiger partial charge in [-0.25, -0.2) is 0 Å². The fraction of sp³-hybridized carbons (Fsp3) is 0.231. The highest BCUT2D eigenvalue weighted by molar-refractivity contribution is 6.07. The van der Waals surface area contributed by atoms with Crippen molar-refractivity contribution in [3.63, 3.8) is 0 Å². The second-order valence-electron chi connectivity index (χ2n) is 7.68. The number of hydrogen-bond donors (Lipinski definition) is 1. The van der Waals surface area contributed by atoms with Crippen molar-refractivity contribution < 1.29 is 19.4 Å². The Balaban J connectivity index is 1.87. The number of aliphatic hydroxyl groups excluding tert-OH is 1. The van der Waals surface area contributed by atoms with Gasteiger partial charge in [0.1, 0.15) is 5.41 Å². The third-order valence-corrected chi connectivity index (χ3v) is 5.79. The minimum absolute atomic E-state index is 0.159. The van der Waals surface area contributed by atoms with Gasteiger partial charge < -0.3 is 14.7 Å². The van der Waals surface area contributed by atoms with Gasteiger partial charge in [0.25, 0.3) is 5.91 Å². The first kappa shape index (κ1) is 20.8. The Morgan fingerprint density at radius 1 is 0.935 bits per heavy atom. The maximum Gasteiger partial charge on any atom is 0.320 e. The number of carbonyl (C=O) groups excluding carboxylic acids is 2. The van der Waals surface area contributed by atoms with Crippen LogP contribution in [0.5, 0.6) is 0 Å². The Bertz CT molecular complexity index is 1070. The molecule has 0 saturated carbocycles. The summed E-state index contributed by atoms with van der Waals surface area (Å²) in [6.07, 6.45) is -1.40. The van der Waals surface area contributed by atoms with Gasteiger partial charge in [0.15, 0.2) is 6.10 Å². The number of carbonyl (C=O) groups is 2. The second kappa shape index (κ2) is 8.74. The summed E-state index contributed by atoms with van der Waals surface area (Å²) in [6.45, 7) is 2.18. The molecule has 1 aliphatic heterocycles. The molecule has 0 aliphatic carbocycles. The van der Waals surface area contributed by atoms with Crippen LogP contribution in [0.25, 0.3) is 0 Å². The normalized spacial score (nSPS) is 20.3. The lowest BCUT2D eigenvalue weighted by Crippen LogP contribution is -2.60. The van der Waals surface area contributed by atoms with Crippen molar-refractivity contribution in [2.24, 2.45) is 0 Å². The standard InChI is InChI=1S/C26H25NO4/c1-2-31-25(30)26(17-19-11-5-3-6-12-19)21-15-9-10-16-22(21)27(24(29)23(26)28)18-20-13-7-4-8-14-20/h3-16,23,28H,2,17-18H2,1H3/t23-,26-/m0/s1. The Kier molecular flexibility index (Phi) is 5.87. The van der Waals surface area contributed by atoms with Gasteiger partial charge in [-0.05, 0) is 36.1 Å². The van der Waals surface area contributed by atoms with Crippen LogP contribution >= 0.6 is 0 Å². The van der Waals surface area contributed by atoms with Crippen LogP contribution in [0.15, 0.2) is 84.9 Å². The molecule has 5 heteroatoms. The van der Waals surface area contributed by atoms with E-state index in [-0.39, 0.29) is 13.0 Å². The summed E-state index contributed by atoms with van der Waals surface area (Å²) >= 11 is 0. The van der Waals surface area contributed by atoms with Crippen molar-refractivity contribution >= 4 is 17.6 Å². The number of fused-ring (bicyclic) bond motifs is 1. The van der Waals surface area contributed by atoms with E-state index < -0.39 is 23.4 Å². The van der Waals surface area contributed by atoms with Crippen LogP contribution in [0.2, 0.25) is 0 Å². The largest absolute Gasteiger partial charge is 0.465 e. The molecule has 1 amide bonds. The summed E-state index contributed by atoms with van der Waals surface area (Å²) < 4.78 is 5.42. The van der Waals surface area contributed by atoms with Crippen LogP contribution in [0.3, 0.4) is 0 Å². The van der Waals surface area contributed by atoms with E-state index in [0.717, 1.165) is 11.1 Å². The van der Waals surface area contributed by atoms with Gasteiger partial charge in [0, 0.05) is 5.69 Å². The SMILES string of the molecule is CCOC(=O)[C@@]1(Cc2ccccc2)c2ccccc2N(Cc2ccccc2)C(=O)[C@@H]1O. The van der Waals surface area contributed by atoms with E-state index in [1.807, 2.05) is 84.9 Å². The van der Waals surface area contributed by atoms with Crippen LogP contribution in [-0.4, -0.2) is 29.7 Å². The summed E-state index contributed by atoms with van der Waals surface area (Å²) in [5.41, 5.74) is 1.47. The molecule has 0 spiro atoms. The molecule has 0 saturated heterocycles. The third-order valence-electron chi connectivity index (χ3n) is 5.79. The smallest absolute Gasteiger partial charge is 0.320 e. The zero-order chi connectivity index (χ0) is 21.8. The van der Waals surface area contributed by atoms with Crippen LogP contribution in [0, 0.1) is 0 Å². The maximum absolute atomic E-state index is 13.5. The number of benzene rings is 3. The summed E-state index contributed by atoms with van der Waals surface area (Å²) in [4.78, 5) is 28.4. The third kappa shape index (κ3) is 3.73. The highest BCUT2D eigenvalue weighted by Crippen LogP contribution is 2.44.